The predicted octanol–water partition coefficient (Wildman–Crippen LogP) is 0.357. The number of halogens is 1. The van der Waals surface area contributed by atoms with Gasteiger partial charge in [-0.15, -0.1) is 0 Å². The minimum Gasteiger partial charge on any atom is -1.00 e. The third-order valence-corrected chi connectivity index (χ3v) is 7.60. The fourth-order valence-electron chi connectivity index (χ4n) is 4.60. The molecule has 0 amide bonds. The summed E-state index contributed by atoms with van der Waals surface area (Å²) < 4.78 is 27.1. The number of aromatic nitrogens is 3. The van der Waals surface area contributed by atoms with Gasteiger partial charge in [-0.25, -0.2) is 4.98 Å². The number of benzene rings is 2. The summed E-state index contributed by atoms with van der Waals surface area (Å²) in [5.41, 5.74) is 3.54. The zero-order chi connectivity index (χ0) is 23.9. The summed E-state index contributed by atoms with van der Waals surface area (Å²) in [7, 11) is 3.57. The highest BCUT2D eigenvalue weighted by atomic mass is 79.9. The molecule has 0 saturated heterocycles. The number of imidazole rings is 1. The Morgan fingerprint density at radius 3 is 2.83 bits per heavy atom. The summed E-state index contributed by atoms with van der Waals surface area (Å²) in [6, 6.07) is 10.3. The molecule has 0 bridgehead atoms. The Morgan fingerprint density at radius 1 is 1.22 bits per heavy atom. The van der Waals surface area contributed by atoms with Crippen molar-refractivity contribution in [1.82, 2.24) is 9.55 Å². The van der Waals surface area contributed by atoms with Crippen molar-refractivity contribution in [2.45, 2.75) is 24.2 Å². The minimum absolute atomic E-state index is 0. The predicted molar refractivity (Wildman–Crippen MR) is 131 cm³/mol. The van der Waals surface area contributed by atoms with Gasteiger partial charge in [0.1, 0.15) is 6.61 Å². The van der Waals surface area contributed by atoms with Crippen LogP contribution in [0.3, 0.4) is 0 Å². The number of aliphatic hydroxyl groups is 1. The Bertz CT molecular complexity index is 1430. The fourth-order valence-corrected chi connectivity index (χ4v) is 5.43. The molecule has 0 aliphatic carbocycles. The van der Waals surface area contributed by atoms with Gasteiger partial charge < -0.3 is 45.6 Å². The molecule has 1 atom stereocenters. The highest BCUT2D eigenvalue weighted by molar-refractivity contribution is 7.99. The number of ether oxygens (including phenoxy) is 4. The Labute approximate surface area is 223 Å². The molecule has 0 radical (unpaired) electrons. The van der Waals surface area contributed by atoms with Crippen LogP contribution in [0.4, 0.5) is 0 Å². The van der Waals surface area contributed by atoms with Crippen LogP contribution in [0, 0.1) is 0 Å². The van der Waals surface area contributed by atoms with E-state index in [2.05, 4.69) is 33.9 Å². The summed E-state index contributed by atoms with van der Waals surface area (Å²) in [4.78, 5) is 4.29. The van der Waals surface area contributed by atoms with Crippen LogP contribution in [-0.4, -0.2) is 47.0 Å². The van der Waals surface area contributed by atoms with Gasteiger partial charge in [-0.1, -0.05) is 11.8 Å². The molecule has 0 spiro atoms. The molecule has 4 aromatic rings. The van der Waals surface area contributed by atoms with E-state index in [1.807, 2.05) is 29.9 Å². The van der Waals surface area contributed by atoms with Gasteiger partial charge >= 0.3 is 0 Å². The molecule has 2 aromatic carbocycles. The maximum Gasteiger partial charge on any atom is 0.231 e. The normalized spacial score (nSPS) is 14.1. The summed E-state index contributed by atoms with van der Waals surface area (Å²) in [5.74, 6) is 3.36. The van der Waals surface area contributed by atoms with E-state index in [9.17, 15) is 5.11 Å². The van der Waals surface area contributed by atoms with Crippen molar-refractivity contribution >= 4 is 22.5 Å². The maximum atomic E-state index is 10.6. The molecule has 4 heterocycles. The molecule has 188 valence electrons. The van der Waals surface area contributed by atoms with E-state index >= 15 is 0 Å². The highest BCUT2D eigenvalue weighted by Crippen LogP contribution is 2.41. The van der Waals surface area contributed by atoms with Gasteiger partial charge in [-0.05, 0) is 35.2 Å². The first-order chi connectivity index (χ1) is 17.1. The lowest BCUT2D eigenvalue weighted by molar-refractivity contribution is -0.686. The number of thioether (sulfide) groups is 1. The van der Waals surface area contributed by atoms with Gasteiger partial charge in [0, 0.05) is 37.7 Å². The van der Waals surface area contributed by atoms with Crippen LogP contribution < -0.4 is 40.5 Å². The van der Waals surface area contributed by atoms with E-state index in [4.69, 9.17) is 18.9 Å². The van der Waals surface area contributed by atoms with Crippen molar-refractivity contribution in [2.24, 2.45) is 7.05 Å². The molecule has 2 aromatic heterocycles. The number of hydrogen-bond acceptors (Lipinski definition) is 7. The smallest absolute Gasteiger partial charge is 0.231 e. The molecule has 2 aliphatic heterocycles. The lowest BCUT2D eigenvalue weighted by atomic mass is 9.95. The topological polar surface area (TPSA) is 78.9 Å². The number of pyridine rings is 1. The maximum absolute atomic E-state index is 10.6. The monoisotopic (exact) mass is 571 g/mol. The van der Waals surface area contributed by atoms with Gasteiger partial charge in [-0.2, -0.15) is 4.57 Å². The van der Waals surface area contributed by atoms with Gasteiger partial charge in [0.25, 0.3) is 0 Å². The quantitative estimate of drug-likeness (QED) is 0.253. The number of hydrogen-bond donors (Lipinski definition) is 1. The van der Waals surface area contributed by atoms with Crippen molar-refractivity contribution in [3.05, 3.63) is 54.5 Å². The number of methoxy groups -OCH3 is 1. The number of aryl methyl sites for hydroxylation is 3. The van der Waals surface area contributed by atoms with Crippen molar-refractivity contribution in [3.8, 4) is 34.3 Å². The average Bonchev–Trinajstić information content (AvgIpc) is 3.51. The number of nitrogens with zero attached hydrogens (tertiary/aromatic N) is 3. The highest BCUT2D eigenvalue weighted by Gasteiger charge is 2.28. The molecule has 1 N–H and O–H groups in total. The fraction of sp³-hybridized carbons (Fsp3) is 0.308. The molecule has 6 rings (SSSR count). The molecule has 36 heavy (non-hydrogen) atoms. The van der Waals surface area contributed by atoms with Crippen LogP contribution in [0.2, 0.25) is 0 Å². The van der Waals surface area contributed by atoms with Crippen molar-refractivity contribution < 1.29 is 45.6 Å². The van der Waals surface area contributed by atoms with E-state index in [1.54, 1.807) is 13.3 Å². The Hall–Kier alpha value is -2.95. The average molecular weight is 572 g/mol. The number of fused-ring (bicyclic) bond motifs is 5. The van der Waals surface area contributed by atoms with Gasteiger partial charge in [-0.3, -0.25) is 0 Å². The van der Waals surface area contributed by atoms with Crippen LogP contribution in [0.15, 0.2) is 54.1 Å². The van der Waals surface area contributed by atoms with E-state index in [0.29, 0.717) is 17.3 Å². The molecular formula is C26H26BrN3O5S. The van der Waals surface area contributed by atoms with Gasteiger partial charge in [0.15, 0.2) is 40.9 Å². The third kappa shape index (κ3) is 4.49. The first-order valence-electron chi connectivity index (χ1n) is 11.5. The second kappa shape index (κ2) is 10.2. The van der Waals surface area contributed by atoms with E-state index < -0.39 is 6.10 Å². The molecular weight excluding hydrogens is 546 g/mol. The summed E-state index contributed by atoms with van der Waals surface area (Å²) in [6.45, 7) is 1.26. The molecule has 8 nitrogen and oxygen atoms in total. The Kier molecular flexibility index (Phi) is 7.00. The molecule has 10 heteroatoms. The summed E-state index contributed by atoms with van der Waals surface area (Å²) >= 11 is 1.50. The SMILES string of the molecule is COc1ccc2cc3[n+](cc2c1OCC(O)CSc1nccn1C)CCc1cc2c(cc1-3)OCO2.[Br-]. The second-order valence-electron chi connectivity index (χ2n) is 8.66. The third-order valence-electron chi connectivity index (χ3n) is 6.40. The van der Waals surface area contributed by atoms with Gasteiger partial charge in [0.2, 0.25) is 12.5 Å². The zero-order valence-electron chi connectivity index (χ0n) is 19.9. The molecule has 1 unspecified atom stereocenters. The standard InChI is InChI=1S/C26H26N3O5S.BrH/c1-28-8-6-27-26(28)35-14-18(30)13-32-25-20-12-29-7-5-17-10-23-24(34-15-33-23)11-19(17)21(29)9-16(20)3-4-22(25)31-2;/h3-4,6,8-12,18,30H,5,7,13-15H2,1-2H3;1H/q+1;/p-1. The van der Waals surface area contributed by atoms with Crippen LogP contribution in [0.1, 0.15) is 5.56 Å². The molecule has 0 fully saturated rings. The van der Waals surface area contributed by atoms with Crippen LogP contribution in [-0.2, 0) is 20.0 Å². The minimum atomic E-state index is -0.655. The summed E-state index contributed by atoms with van der Waals surface area (Å²) in [6.07, 6.45) is 6.00. The molecule has 2 aliphatic rings. The van der Waals surface area contributed by atoms with Crippen LogP contribution >= 0.6 is 11.8 Å². The van der Waals surface area contributed by atoms with Crippen LogP contribution in [0.25, 0.3) is 22.0 Å². The zero-order valence-corrected chi connectivity index (χ0v) is 22.3. The lowest BCUT2D eigenvalue weighted by Crippen LogP contribution is -3.00. The Balaban J connectivity index is 0.00000267. The first kappa shape index (κ1) is 24.7. The lowest BCUT2D eigenvalue weighted by Gasteiger charge is -2.18. The van der Waals surface area contributed by atoms with Crippen molar-refractivity contribution in [1.29, 1.82) is 0 Å². The number of aliphatic hydroxyl groups excluding tert-OH is 1. The van der Waals surface area contributed by atoms with Crippen LogP contribution in [0.5, 0.6) is 23.0 Å². The van der Waals surface area contributed by atoms with E-state index in [-0.39, 0.29) is 30.4 Å². The largest absolute Gasteiger partial charge is 1.00 e. The van der Waals surface area contributed by atoms with Crippen molar-refractivity contribution in [2.75, 3.05) is 26.3 Å². The Morgan fingerprint density at radius 2 is 2.06 bits per heavy atom. The van der Waals surface area contributed by atoms with E-state index in [1.165, 1.54) is 17.3 Å². The van der Waals surface area contributed by atoms with E-state index in [0.717, 1.165) is 51.7 Å². The summed E-state index contributed by atoms with van der Waals surface area (Å²) in [5, 5.41) is 13.4. The number of rotatable bonds is 7. The van der Waals surface area contributed by atoms with Crippen molar-refractivity contribution in [3.63, 3.8) is 0 Å². The molecule has 0 saturated carbocycles. The second-order valence-corrected chi connectivity index (χ2v) is 9.65. The van der Waals surface area contributed by atoms with Gasteiger partial charge in [0.05, 0.1) is 24.2 Å². The first-order valence-corrected chi connectivity index (χ1v) is 12.5.